The largest absolute Gasteiger partial charge is 0.628 e. The number of nitrogens with one attached hydrogen (secondary N) is 1. The summed E-state index contributed by atoms with van der Waals surface area (Å²) < 4.78 is 6.87. The van der Waals surface area contributed by atoms with Gasteiger partial charge >= 0.3 is 5.97 Å². The van der Waals surface area contributed by atoms with Gasteiger partial charge in [0.1, 0.15) is 23.8 Å². The van der Waals surface area contributed by atoms with Gasteiger partial charge in [0.2, 0.25) is 0 Å². The number of imidazole rings is 1. The lowest BCUT2D eigenvalue weighted by atomic mass is 10.0. The van der Waals surface area contributed by atoms with E-state index in [2.05, 4.69) is 4.98 Å². The van der Waals surface area contributed by atoms with Crippen LogP contribution in [0.4, 0.5) is 5.69 Å². The topological polar surface area (TPSA) is 71.6 Å². The summed E-state index contributed by atoms with van der Waals surface area (Å²) in [6.45, 7) is 3.97. The van der Waals surface area contributed by atoms with E-state index in [0.29, 0.717) is 17.8 Å². The summed E-state index contributed by atoms with van der Waals surface area (Å²) in [6.07, 6.45) is 2.21. The van der Waals surface area contributed by atoms with Gasteiger partial charge in [0.05, 0.1) is 6.61 Å². The Morgan fingerprint density at radius 3 is 2.90 bits per heavy atom. The predicted octanol–water partition coefficient (Wildman–Crippen LogP) is 1.53. The highest BCUT2D eigenvalue weighted by atomic mass is 16.5. The fourth-order valence-electron chi connectivity index (χ4n) is 2.82. The lowest BCUT2D eigenvalue weighted by Gasteiger charge is -2.36. The Balaban J connectivity index is 2.19. The molecule has 110 valence electrons. The number of ether oxygens (including phenoxy) is 1. The minimum atomic E-state index is -0.475. The maximum Gasteiger partial charge on any atom is 0.359 e. The van der Waals surface area contributed by atoms with Crippen molar-refractivity contribution in [2.45, 2.75) is 26.3 Å². The average molecular weight is 287 g/mol. The van der Waals surface area contributed by atoms with E-state index in [1.54, 1.807) is 13.3 Å². The molecule has 0 fully saturated rings. The van der Waals surface area contributed by atoms with Crippen molar-refractivity contribution >= 4 is 11.7 Å². The van der Waals surface area contributed by atoms with Crippen molar-refractivity contribution in [1.29, 1.82) is 0 Å². The number of rotatable bonds is 3. The first-order valence-electron chi connectivity index (χ1n) is 7.07. The molecule has 1 aliphatic rings. The van der Waals surface area contributed by atoms with Gasteiger partial charge in [0.15, 0.2) is 11.4 Å². The third kappa shape index (κ3) is 2.03. The van der Waals surface area contributed by atoms with Gasteiger partial charge < -0.3 is 15.0 Å². The van der Waals surface area contributed by atoms with Crippen molar-refractivity contribution < 1.29 is 14.6 Å². The maximum atomic E-state index is 12.6. The van der Waals surface area contributed by atoms with E-state index in [-0.39, 0.29) is 23.4 Å². The van der Waals surface area contributed by atoms with Crippen LogP contribution in [-0.2, 0) is 4.74 Å². The molecule has 2 aromatic rings. The van der Waals surface area contributed by atoms with Crippen LogP contribution in [0.3, 0.4) is 0 Å². The van der Waals surface area contributed by atoms with Crippen LogP contribution in [0, 0.1) is 5.21 Å². The molecule has 0 bridgehead atoms. The van der Waals surface area contributed by atoms with Crippen LogP contribution < -0.4 is 5.06 Å². The number of hydroxylamine groups is 1. The molecule has 3 rings (SSSR count). The molecule has 6 heteroatoms. The summed E-state index contributed by atoms with van der Waals surface area (Å²) in [6, 6.07) is 7.03. The van der Waals surface area contributed by atoms with Crippen molar-refractivity contribution in [2.24, 2.45) is 0 Å². The molecule has 0 saturated carbocycles. The summed E-state index contributed by atoms with van der Waals surface area (Å²) in [5.41, 5.74) is 2.32. The molecular formula is C15H17N3O3. The highest BCUT2D eigenvalue weighted by Crippen LogP contribution is 2.31. The van der Waals surface area contributed by atoms with Crippen LogP contribution in [0.2, 0.25) is 0 Å². The van der Waals surface area contributed by atoms with Gasteiger partial charge in [-0.1, -0.05) is 19.1 Å². The Bertz CT molecular complexity index is 681. The number of hydrogen-bond acceptors (Lipinski definition) is 4. The van der Waals surface area contributed by atoms with E-state index in [1.165, 1.54) is 0 Å². The first kappa shape index (κ1) is 13.8. The molecule has 6 nitrogen and oxygen atoms in total. The van der Waals surface area contributed by atoms with E-state index in [4.69, 9.17) is 4.74 Å². The Labute approximate surface area is 122 Å². The lowest BCUT2D eigenvalue weighted by molar-refractivity contribution is -0.816. The molecule has 0 spiro atoms. The van der Waals surface area contributed by atoms with Crippen LogP contribution in [0.5, 0.6) is 0 Å². The number of benzene rings is 1. The van der Waals surface area contributed by atoms with Gasteiger partial charge in [-0.3, -0.25) is 4.57 Å². The summed E-state index contributed by atoms with van der Waals surface area (Å²) in [5.74, 6) is -0.475. The smallest absolute Gasteiger partial charge is 0.359 e. The van der Waals surface area contributed by atoms with E-state index in [1.807, 2.05) is 35.8 Å². The molecule has 1 aromatic heterocycles. The lowest BCUT2D eigenvalue weighted by Crippen LogP contribution is -3.03. The van der Waals surface area contributed by atoms with E-state index in [0.717, 1.165) is 5.69 Å². The molecule has 0 saturated heterocycles. The molecule has 2 atom stereocenters. The van der Waals surface area contributed by atoms with Crippen LogP contribution >= 0.6 is 0 Å². The molecule has 0 radical (unpaired) electrons. The fourth-order valence-corrected chi connectivity index (χ4v) is 2.82. The predicted molar refractivity (Wildman–Crippen MR) is 76.5 cm³/mol. The number of hydrogen-bond donors (Lipinski definition) is 1. The molecule has 1 aliphatic heterocycles. The maximum absolute atomic E-state index is 12.6. The number of aromatic nitrogens is 2. The number of carbonyl (C=O) groups is 1. The van der Waals surface area contributed by atoms with Gasteiger partial charge in [0.25, 0.3) is 0 Å². The molecule has 2 heterocycles. The third-order valence-corrected chi connectivity index (χ3v) is 3.76. The fraction of sp³-hybridized carbons (Fsp3) is 0.333. The number of fused-ring (bicyclic) bond motifs is 3. The van der Waals surface area contributed by atoms with Gasteiger partial charge in [-0.15, -0.1) is 0 Å². The highest BCUT2D eigenvalue weighted by Gasteiger charge is 2.35. The highest BCUT2D eigenvalue weighted by molar-refractivity contribution is 5.89. The summed E-state index contributed by atoms with van der Waals surface area (Å²) in [7, 11) is 0. The van der Waals surface area contributed by atoms with Gasteiger partial charge in [-0.2, -0.15) is 0 Å². The number of nitrogens with zero attached hydrogens (tertiary/aromatic N) is 2. The molecule has 21 heavy (non-hydrogen) atoms. The molecule has 2 unspecified atom stereocenters. The third-order valence-electron chi connectivity index (χ3n) is 3.76. The second kappa shape index (κ2) is 5.31. The van der Waals surface area contributed by atoms with Crippen LogP contribution in [0.1, 0.15) is 42.5 Å². The number of esters is 1. The van der Waals surface area contributed by atoms with Crippen LogP contribution in [-0.4, -0.2) is 22.1 Å². The molecule has 1 aromatic carbocycles. The summed E-state index contributed by atoms with van der Waals surface area (Å²) in [4.78, 5) is 16.2. The van der Waals surface area contributed by atoms with E-state index in [9.17, 15) is 10.0 Å². The zero-order chi connectivity index (χ0) is 15.0. The van der Waals surface area contributed by atoms with Crippen molar-refractivity contribution in [2.75, 3.05) is 6.61 Å². The Hall–Kier alpha value is -2.18. The minimum absolute atomic E-state index is 0.0339. The van der Waals surface area contributed by atoms with Crippen LogP contribution in [0.25, 0.3) is 5.69 Å². The van der Waals surface area contributed by atoms with Crippen molar-refractivity contribution in [3.8, 4) is 5.69 Å². The number of carbonyl (C=O) groups excluding carboxylic acids is 1. The monoisotopic (exact) mass is 287 g/mol. The Morgan fingerprint density at radius 1 is 1.43 bits per heavy atom. The number of quaternary nitrogens is 1. The summed E-state index contributed by atoms with van der Waals surface area (Å²) >= 11 is 0. The SMILES string of the molecule is CCOC(=O)c1ncn2c1C(CC)[NH+]([O-])c1ccccc1-2. The summed E-state index contributed by atoms with van der Waals surface area (Å²) in [5, 5.41) is 12.7. The van der Waals surface area contributed by atoms with Crippen molar-refractivity contribution in [1.82, 2.24) is 9.55 Å². The zero-order valence-corrected chi connectivity index (χ0v) is 12.0. The zero-order valence-electron chi connectivity index (χ0n) is 12.0. The van der Waals surface area contributed by atoms with E-state index >= 15 is 0 Å². The standard InChI is InChI=1S/C15H17N3O3/c1-3-10-14-13(15(19)21-4-2)16-9-17(14)11-7-5-6-8-12(11)18(10)20/h5-10,18H,3-4H2,1-2H3. The van der Waals surface area contributed by atoms with Crippen molar-refractivity contribution in [3.05, 3.63) is 47.2 Å². The Kier molecular flexibility index (Phi) is 3.48. The quantitative estimate of drug-likeness (QED) is 0.686. The molecule has 1 N–H and O–H groups in total. The molecule has 0 aliphatic carbocycles. The van der Waals surface area contributed by atoms with Gasteiger partial charge in [-0.05, 0) is 13.0 Å². The molecule has 0 amide bonds. The average Bonchev–Trinajstić information content (AvgIpc) is 2.93. The first-order chi connectivity index (χ1) is 10.2. The first-order valence-corrected chi connectivity index (χ1v) is 7.07. The number of para-hydroxylation sites is 2. The van der Waals surface area contributed by atoms with Crippen molar-refractivity contribution in [3.63, 3.8) is 0 Å². The minimum Gasteiger partial charge on any atom is -0.628 e. The second-order valence-corrected chi connectivity index (χ2v) is 4.91. The van der Waals surface area contributed by atoms with Gasteiger partial charge in [0, 0.05) is 12.5 Å². The molecular weight excluding hydrogens is 270 g/mol. The Morgan fingerprint density at radius 2 is 2.19 bits per heavy atom. The van der Waals surface area contributed by atoms with Crippen LogP contribution in [0.15, 0.2) is 30.6 Å². The second-order valence-electron chi connectivity index (χ2n) is 4.91. The normalized spacial score (nSPS) is 19.8. The van der Waals surface area contributed by atoms with E-state index < -0.39 is 5.97 Å². The van der Waals surface area contributed by atoms with Gasteiger partial charge in [-0.25, -0.2) is 9.78 Å².